The topological polar surface area (TPSA) is 74.6 Å². The van der Waals surface area contributed by atoms with Crippen molar-refractivity contribution in [2.45, 2.75) is 9.79 Å². The van der Waals surface area contributed by atoms with Crippen molar-refractivity contribution in [1.29, 1.82) is 0 Å². The van der Waals surface area contributed by atoms with Crippen LogP contribution in [-0.2, 0) is 0 Å². The zero-order chi connectivity index (χ0) is 13.8. The molecule has 2 aromatic carbocycles. The maximum absolute atomic E-state index is 10.7. The van der Waals surface area contributed by atoms with Gasteiger partial charge in [-0.2, -0.15) is 0 Å². The zero-order valence-electron chi connectivity index (χ0n) is 10.1. The number of hydrogen-bond acceptors (Lipinski definition) is 3. The SMILES string of the molecule is Cl.O=C(O)c1ccc(Sc2ccc(C(=O)O)cc2)cc1. The van der Waals surface area contributed by atoms with Gasteiger partial charge in [-0.25, -0.2) is 9.59 Å². The first-order valence-corrected chi connectivity index (χ1v) is 6.22. The van der Waals surface area contributed by atoms with Crippen LogP contribution in [-0.4, -0.2) is 22.2 Å². The molecule has 2 aromatic rings. The maximum atomic E-state index is 10.7. The van der Waals surface area contributed by atoms with E-state index in [0.717, 1.165) is 9.79 Å². The molecule has 0 atom stereocenters. The average Bonchev–Trinajstić information content (AvgIpc) is 2.40. The van der Waals surface area contributed by atoms with E-state index in [2.05, 4.69) is 0 Å². The number of halogens is 1. The lowest BCUT2D eigenvalue weighted by atomic mass is 10.2. The third kappa shape index (κ3) is 4.01. The lowest BCUT2D eigenvalue weighted by molar-refractivity contribution is 0.0686. The highest BCUT2D eigenvalue weighted by molar-refractivity contribution is 7.99. The minimum atomic E-state index is -0.956. The third-order valence-electron chi connectivity index (χ3n) is 2.44. The zero-order valence-corrected chi connectivity index (χ0v) is 11.8. The van der Waals surface area contributed by atoms with Gasteiger partial charge >= 0.3 is 11.9 Å². The van der Waals surface area contributed by atoms with Crippen molar-refractivity contribution < 1.29 is 19.8 Å². The van der Waals surface area contributed by atoms with Gasteiger partial charge in [0.15, 0.2) is 0 Å². The minimum absolute atomic E-state index is 0. The van der Waals surface area contributed by atoms with Crippen LogP contribution in [0, 0.1) is 0 Å². The van der Waals surface area contributed by atoms with Gasteiger partial charge in [0.1, 0.15) is 0 Å². The van der Waals surface area contributed by atoms with Gasteiger partial charge in [0.2, 0.25) is 0 Å². The monoisotopic (exact) mass is 310 g/mol. The predicted octanol–water partition coefficient (Wildman–Crippen LogP) is 3.66. The Morgan fingerprint density at radius 1 is 0.700 bits per heavy atom. The van der Waals surface area contributed by atoms with E-state index >= 15 is 0 Å². The molecule has 0 saturated heterocycles. The predicted molar refractivity (Wildman–Crippen MR) is 78.2 cm³/mol. The summed E-state index contributed by atoms with van der Waals surface area (Å²) < 4.78 is 0. The number of rotatable bonds is 4. The Morgan fingerprint density at radius 3 is 1.25 bits per heavy atom. The summed E-state index contributed by atoms with van der Waals surface area (Å²) in [6.07, 6.45) is 0. The van der Waals surface area contributed by atoms with Gasteiger partial charge < -0.3 is 10.2 Å². The summed E-state index contributed by atoms with van der Waals surface area (Å²) in [5.41, 5.74) is 0.483. The number of hydrogen-bond donors (Lipinski definition) is 2. The van der Waals surface area contributed by atoms with E-state index in [9.17, 15) is 9.59 Å². The third-order valence-corrected chi connectivity index (χ3v) is 3.45. The van der Waals surface area contributed by atoms with Crippen LogP contribution in [0.3, 0.4) is 0 Å². The molecule has 0 aliphatic carbocycles. The maximum Gasteiger partial charge on any atom is 0.335 e. The first kappa shape index (κ1) is 16.1. The van der Waals surface area contributed by atoms with Crippen LogP contribution in [0.4, 0.5) is 0 Å². The summed E-state index contributed by atoms with van der Waals surface area (Å²) >= 11 is 1.44. The molecule has 0 saturated carbocycles. The molecule has 0 spiro atoms. The molecule has 0 aliphatic rings. The number of carboxylic acids is 2. The molecule has 0 heterocycles. The van der Waals surface area contributed by atoms with E-state index in [1.54, 1.807) is 24.3 Å². The van der Waals surface area contributed by atoms with Gasteiger partial charge in [0.25, 0.3) is 0 Å². The normalized spacial score (nSPS) is 9.60. The van der Waals surface area contributed by atoms with E-state index in [1.807, 2.05) is 0 Å². The number of carbonyl (C=O) groups is 2. The van der Waals surface area contributed by atoms with Crippen LogP contribution in [0.5, 0.6) is 0 Å². The van der Waals surface area contributed by atoms with Gasteiger partial charge in [-0.15, -0.1) is 12.4 Å². The van der Waals surface area contributed by atoms with Crippen LogP contribution in [0.15, 0.2) is 58.3 Å². The smallest absolute Gasteiger partial charge is 0.335 e. The van der Waals surface area contributed by atoms with Crippen LogP contribution >= 0.6 is 24.2 Å². The second-order valence-corrected chi connectivity index (χ2v) is 4.91. The van der Waals surface area contributed by atoms with Crippen LogP contribution < -0.4 is 0 Å². The number of carboxylic acid groups (broad SMARTS) is 2. The van der Waals surface area contributed by atoms with Crippen molar-refractivity contribution in [1.82, 2.24) is 0 Å². The average molecular weight is 311 g/mol. The van der Waals surface area contributed by atoms with E-state index in [4.69, 9.17) is 10.2 Å². The molecular weight excluding hydrogens is 300 g/mol. The highest BCUT2D eigenvalue weighted by atomic mass is 35.5. The Labute approximate surface area is 125 Å². The molecule has 0 radical (unpaired) electrons. The highest BCUT2D eigenvalue weighted by Gasteiger charge is 2.04. The first-order chi connectivity index (χ1) is 9.06. The lowest BCUT2D eigenvalue weighted by Crippen LogP contribution is -1.95. The van der Waals surface area contributed by atoms with E-state index in [-0.39, 0.29) is 23.5 Å². The summed E-state index contributed by atoms with van der Waals surface area (Å²) in [5.74, 6) is -1.91. The molecule has 2 rings (SSSR count). The van der Waals surface area contributed by atoms with Gasteiger partial charge in [0, 0.05) is 9.79 Å². The van der Waals surface area contributed by atoms with Crippen molar-refractivity contribution in [2.24, 2.45) is 0 Å². The summed E-state index contributed by atoms with van der Waals surface area (Å²) in [4.78, 5) is 23.2. The molecule has 0 amide bonds. The summed E-state index contributed by atoms with van der Waals surface area (Å²) in [7, 11) is 0. The minimum Gasteiger partial charge on any atom is -0.478 e. The molecule has 0 fully saturated rings. The Kier molecular flexibility index (Phi) is 5.61. The van der Waals surface area contributed by atoms with Crippen LogP contribution in [0.25, 0.3) is 0 Å². The Bertz CT molecular complexity index is 553. The molecule has 0 bridgehead atoms. The van der Waals surface area contributed by atoms with Crippen molar-refractivity contribution in [3.8, 4) is 0 Å². The van der Waals surface area contributed by atoms with Crippen LogP contribution in [0.2, 0.25) is 0 Å². The molecule has 2 N–H and O–H groups in total. The summed E-state index contributed by atoms with van der Waals surface area (Å²) in [6.45, 7) is 0. The van der Waals surface area contributed by atoms with E-state index in [0.29, 0.717) is 0 Å². The van der Waals surface area contributed by atoms with E-state index in [1.165, 1.54) is 36.0 Å². The molecule has 6 heteroatoms. The molecule has 4 nitrogen and oxygen atoms in total. The van der Waals surface area contributed by atoms with Crippen LogP contribution in [0.1, 0.15) is 20.7 Å². The molecule has 0 aliphatic heterocycles. The fraction of sp³-hybridized carbons (Fsp3) is 0. The standard InChI is InChI=1S/C14H10O4S.ClH/c15-13(16)9-1-5-11(6-2-9)19-12-7-3-10(4-8-12)14(17)18;/h1-8H,(H,15,16)(H,17,18);1H. The van der Waals surface area contributed by atoms with Gasteiger partial charge in [-0.1, -0.05) is 11.8 Å². The Balaban J connectivity index is 0.00000200. The summed E-state index contributed by atoms with van der Waals surface area (Å²) in [6, 6.07) is 13.0. The number of aromatic carboxylic acids is 2. The molecule has 0 aromatic heterocycles. The molecule has 0 unspecified atom stereocenters. The Morgan fingerprint density at radius 2 is 1.00 bits per heavy atom. The summed E-state index contributed by atoms with van der Waals surface area (Å²) in [5, 5.41) is 17.6. The molecule has 20 heavy (non-hydrogen) atoms. The number of benzene rings is 2. The van der Waals surface area contributed by atoms with Crippen molar-refractivity contribution >= 4 is 36.1 Å². The van der Waals surface area contributed by atoms with Crippen molar-refractivity contribution in [2.75, 3.05) is 0 Å². The largest absolute Gasteiger partial charge is 0.478 e. The second-order valence-electron chi connectivity index (χ2n) is 3.76. The first-order valence-electron chi connectivity index (χ1n) is 5.41. The fourth-order valence-electron chi connectivity index (χ4n) is 1.47. The molecule has 104 valence electrons. The Hall–Kier alpha value is -1.98. The van der Waals surface area contributed by atoms with Gasteiger partial charge in [-0.05, 0) is 48.5 Å². The second kappa shape index (κ2) is 6.98. The van der Waals surface area contributed by atoms with Gasteiger partial charge in [0.05, 0.1) is 11.1 Å². The highest BCUT2D eigenvalue weighted by Crippen LogP contribution is 2.27. The van der Waals surface area contributed by atoms with E-state index < -0.39 is 11.9 Å². The van der Waals surface area contributed by atoms with Gasteiger partial charge in [-0.3, -0.25) is 0 Å². The van der Waals surface area contributed by atoms with Crippen molar-refractivity contribution in [3.05, 3.63) is 59.7 Å². The quantitative estimate of drug-likeness (QED) is 0.901. The molecular formula is C14H11ClO4S. The fourth-order valence-corrected chi connectivity index (χ4v) is 2.28. The van der Waals surface area contributed by atoms with Crippen molar-refractivity contribution in [3.63, 3.8) is 0 Å². The lowest BCUT2D eigenvalue weighted by Gasteiger charge is -2.03.